The zero-order chi connectivity index (χ0) is 22.9. The number of carbonyl (C=O) groups is 2. The van der Waals surface area contributed by atoms with E-state index in [1.165, 1.54) is 36.2 Å². The van der Waals surface area contributed by atoms with Crippen molar-refractivity contribution in [3.63, 3.8) is 0 Å². The Hall–Kier alpha value is -1.90. The maximum Gasteiger partial charge on any atom is 0.322 e. The summed E-state index contributed by atoms with van der Waals surface area (Å²) in [6.45, 7) is 2.20. The molecule has 1 N–H and O–H groups in total. The lowest BCUT2D eigenvalue weighted by Crippen LogP contribution is -2.21. The van der Waals surface area contributed by atoms with Crippen LogP contribution < -0.4 is 0 Å². The normalized spacial score (nSPS) is 12.1. The molecule has 0 aliphatic carbocycles. The molecule has 3 rings (SSSR count). The van der Waals surface area contributed by atoms with Gasteiger partial charge in [0.2, 0.25) is 0 Å². The van der Waals surface area contributed by atoms with Crippen molar-refractivity contribution >= 4 is 61.5 Å². The van der Waals surface area contributed by atoms with E-state index in [9.17, 15) is 14.7 Å². The molecule has 0 aliphatic heterocycles. The third-order valence-electron chi connectivity index (χ3n) is 5.13. The molecule has 0 saturated carbocycles. The van der Waals surface area contributed by atoms with Gasteiger partial charge in [-0.2, -0.15) is 0 Å². The van der Waals surface area contributed by atoms with Gasteiger partial charge in [-0.1, -0.05) is 62.6 Å². The van der Waals surface area contributed by atoms with Gasteiger partial charge in [-0.05, 0) is 52.4 Å². The van der Waals surface area contributed by atoms with Crippen LogP contribution in [0.3, 0.4) is 0 Å². The lowest BCUT2D eigenvalue weighted by molar-refractivity contribution is -0.145. The maximum atomic E-state index is 12.6. The van der Waals surface area contributed by atoms with Crippen LogP contribution in [0.1, 0.15) is 50.2 Å². The highest BCUT2D eigenvalue weighted by Gasteiger charge is 2.25. The van der Waals surface area contributed by atoms with Crippen molar-refractivity contribution in [3.8, 4) is 0 Å². The van der Waals surface area contributed by atoms with E-state index in [1.807, 2.05) is 30.3 Å². The van der Waals surface area contributed by atoms with Gasteiger partial charge in [-0.25, -0.2) is 4.98 Å². The fourth-order valence-corrected chi connectivity index (χ4v) is 5.84. The Morgan fingerprint density at radius 1 is 1.16 bits per heavy atom. The van der Waals surface area contributed by atoms with Crippen LogP contribution in [-0.2, 0) is 26.6 Å². The standard InChI is InChI=1S/C24H26BrNO4S2/c1-2-3-4-8-11-17-12-13-19-22(21(17)25)26-24(31-19)32-30-23(29)18(15-20(27)28)14-16-9-6-5-7-10-16/h5-7,9-10,12-13,18H,2-4,8,11,14-15H2,1H3,(H,27,28). The first-order valence-corrected chi connectivity index (χ1v) is 13.0. The van der Waals surface area contributed by atoms with Crippen LogP contribution in [0.4, 0.5) is 0 Å². The fraction of sp³-hybridized carbons (Fsp3) is 0.375. The molecule has 5 nitrogen and oxygen atoms in total. The van der Waals surface area contributed by atoms with E-state index >= 15 is 0 Å². The van der Waals surface area contributed by atoms with E-state index in [0.717, 1.165) is 45.1 Å². The van der Waals surface area contributed by atoms with Crippen molar-refractivity contribution in [2.24, 2.45) is 5.92 Å². The molecule has 2 aromatic carbocycles. The largest absolute Gasteiger partial charge is 0.481 e. The highest BCUT2D eigenvalue weighted by atomic mass is 79.9. The summed E-state index contributed by atoms with van der Waals surface area (Å²) in [5, 5.41) is 9.21. The highest BCUT2D eigenvalue weighted by molar-refractivity contribution is 9.10. The Labute approximate surface area is 204 Å². The summed E-state index contributed by atoms with van der Waals surface area (Å²) in [6.07, 6.45) is 5.87. The minimum absolute atomic E-state index is 0.277. The van der Waals surface area contributed by atoms with E-state index in [1.54, 1.807) is 0 Å². The summed E-state index contributed by atoms with van der Waals surface area (Å²) in [4.78, 5) is 28.5. The van der Waals surface area contributed by atoms with E-state index in [0.29, 0.717) is 10.8 Å². The molecular formula is C24H26BrNO4S2. The van der Waals surface area contributed by atoms with Gasteiger partial charge in [-0.15, -0.1) is 11.3 Å². The molecule has 8 heteroatoms. The zero-order valence-corrected chi connectivity index (χ0v) is 21.1. The molecule has 170 valence electrons. The van der Waals surface area contributed by atoms with Crippen LogP contribution in [0.5, 0.6) is 0 Å². The molecule has 0 fully saturated rings. The molecule has 1 atom stereocenters. The number of aryl methyl sites for hydroxylation is 1. The van der Waals surface area contributed by atoms with Gasteiger partial charge in [0.05, 0.1) is 22.6 Å². The van der Waals surface area contributed by atoms with Gasteiger partial charge in [-0.3, -0.25) is 9.59 Å². The number of fused-ring (bicyclic) bond motifs is 1. The SMILES string of the molecule is CCCCCCc1ccc2sc(SOC(=O)C(CC(=O)O)Cc3ccccc3)nc2c1Br. The summed E-state index contributed by atoms with van der Waals surface area (Å²) < 4.78 is 8.03. The molecule has 0 aliphatic rings. The molecule has 1 unspecified atom stereocenters. The summed E-state index contributed by atoms with van der Waals surface area (Å²) in [6, 6.07) is 13.5. The maximum absolute atomic E-state index is 12.6. The Bertz CT molecular complexity index is 1050. The lowest BCUT2D eigenvalue weighted by atomic mass is 9.96. The average Bonchev–Trinajstić information content (AvgIpc) is 3.20. The number of benzene rings is 2. The molecule has 0 bridgehead atoms. The Morgan fingerprint density at radius 3 is 2.66 bits per heavy atom. The molecule has 1 heterocycles. The third-order valence-corrected chi connectivity index (χ3v) is 7.77. The number of unbranched alkanes of at least 4 members (excludes halogenated alkanes) is 3. The van der Waals surface area contributed by atoms with Gasteiger partial charge in [0.25, 0.3) is 0 Å². The van der Waals surface area contributed by atoms with Crippen molar-refractivity contribution < 1.29 is 18.9 Å². The molecule has 3 aromatic rings. The quantitative estimate of drug-likeness (QED) is 0.197. The molecule has 32 heavy (non-hydrogen) atoms. The molecular weight excluding hydrogens is 510 g/mol. The number of aromatic nitrogens is 1. The second-order valence-electron chi connectivity index (χ2n) is 7.65. The van der Waals surface area contributed by atoms with Crippen LogP contribution in [0.25, 0.3) is 10.2 Å². The van der Waals surface area contributed by atoms with E-state index in [-0.39, 0.29) is 6.42 Å². The molecule has 1 aromatic heterocycles. The predicted molar refractivity (Wildman–Crippen MR) is 133 cm³/mol. The topological polar surface area (TPSA) is 76.5 Å². The summed E-state index contributed by atoms with van der Waals surface area (Å²) in [7, 11) is 0. The first-order valence-electron chi connectivity index (χ1n) is 10.7. The lowest BCUT2D eigenvalue weighted by Gasteiger charge is -2.12. The van der Waals surface area contributed by atoms with E-state index in [2.05, 4.69) is 40.0 Å². The van der Waals surface area contributed by atoms with Crippen LogP contribution in [-0.4, -0.2) is 22.0 Å². The van der Waals surface area contributed by atoms with Crippen LogP contribution in [0, 0.1) is 5.92 Å². The van der Waals surface area contributed by atoms with Crippen molar-refractivity contribution in [2.75, 3.05) is 0 Å². The Kier molecular flexibility index (Phi) is 9.56. The number of hydrogen-bond donors (Lipinski definition) is 1. The van der Waals surface area contributed by atoms with Gasteiger partial charge >= 0.3 is 11.9 Å². The van der Waals surface area contributed by atoms with Crippen molar-refractivity contribution in [2.45, 2.75) is 56.2 Å². The predicted octanol–water partition coefficient (Wildman–Crippen LogP) is 7.07. The van der Waals surface area contributed by atoms with Crippen LogP contribution in [0.15, 0.2) is 51.3 Å². The monoisotopic (exact) mass is 535 g/mol. The van der Waals surface area contributed by atoms with Gasteiger partial charge in [0, 0.05) is 4.47 Å². The second-order valence-corrected chi connectivity index (χ2v) is 10.4. The molecule has 0 radical (unpaired) electrons. The Balaban J connectivity index is 1.65. The fourth-order valence-electron chi connectivity index (χ4n) is 3.45. The summed E-state index contributed by atoms with van der Waals surface area (Å²) in [5.41, 5.74) is 3.00. The summed E-state index contributed by atoms with van der Waals surface area (Å²) in [5.74, 6) is -2.32. The van der Waals surface area contributed by atoms with Crippen molar-refractivity contribution in [1.82, 2.24) is 4.98 Å². The van der Waals surface area contributed by atoms with Crippen molar-refractivity contribution in [1.29, 1.82) is 0 Å². The number of carbonyl (C=O) groups excluding carboxylic acids is 1. The molecule has 0 spiro atoms. The number of aliphatic carboxylic acids is 1. The highest BCUT2D eigenvalue weighted by Crippen LogP contribution is 2.36. The third kappa shape index (κ3) is 7.05. The average molecular weight is 537 g/mol. The Morgan fingerprint density at radius 2 is 1.94 bits per heavy atom. The minimum Gasteiger partial charge on any atom is -0.481 e. The molecule has 0 saturated heterocycles. The number of nitrogens with zero attached hydrogens (tertiary/aromatic N) is 1. The van der Waals surface area contributed by atoms with Gasteiger partial charge in [0.1, 0.15) is 12.0 Å². The number of halogens is 1. The zero-order valence-electron chi connectivity index (χ0n) is 17.9. The number of thiazole rings is 1. The second kappa shape index (κ2) is 12.4. The smallest absolute Gasteiger partial charge is 0.322 e. The van der Waals surface area contributed by atoms with E-state index in [4.69, 9.17) is 4.18 Å². The number of hydrogen-bond acceptors (Lipinski definition) is 6. The number of carboxylic acid groups (broad SMARTS) is 1. The van der Waals surface area contributed by atoms with Gasteiger partial charge < -0.3 is 9.29 Å². The van der Waals surface area contributed by atoms with E-state index < -0.39 is 17.9 Å². The number of rotatable bonds is 12. The van der Waals surface area contributed by atoms with Crippen molar-refractivity contribution in [3.05, 3.63) is 58.1 Å². The van der Waals surface area contributed by atoms with Gasteiger partial charge in [0.15, 0.2) is 4.34 Å². The first-order chi connectivity index (χ1) is 15.5. The van der Waals surface area contributed by atoms with Crippen LogP contribution in [0.2, 0.25) is 0 Å². The number of carboxylic acids is 1. The van der Waals surface area contributed by atoms with Crippen LogP contribution >= 0.6 is 39.3 Å². The summed E-state index contributed by atoms with van der Waals surface area (Å²) >= 11 is 6.05. The molecule has 0 amide bonds. The minimum atomic E-state index is -1.02. The first kappa shape index (κ1) is 24.7.